The lowest BCUT2D eigenvalue weighted by atomic mass is 10.2. The molecule has 0 saturated carbocycles. The first-order valence-corrected chi connectivity index (χ1v) is 9.40. The van der Waals surface area contributed by atoms with Crippen LogP contribution in [0.5, 0.6) is 5.75 Å². The van der Waals surface area contributed by atoms with E-state index in [1.54, 1.807) is 19.2 Å². The number of hydrogen-bond donors (Lipinski definition) is 1. The van der Waals surface area contributed by atoms with E-state index in [1.165, 1.54) is 11.3 Å². The van der Waals surface area contributed by atoms with E-state index in [0.717, 1.165) is 21.2 Å². The van der Waals surface area contributed by atoms with Crippen LogP contribution in [-0.4, -0.2) is 18.0 Å². The summed E-state index contributed by atoms with van der Waals surface area (Å²) >= 11 is 4.70. The van der Waals surface area contributed by atoms with Crippen molar-refractivity contribution in [1.82, 2.24) is 4.98 Å². The first kappa shape index (κ1) is 16.8. The van der Waals surface area contributed by atoms with Crippen molar-refractivity contribution in [3.8, 4) is 17.2 Å². The van der Waals surface area contributed by atoms with Gasteiger partial charge in [-0.1, -0.05) is 15.9 Å². The van der Waals surface area contributed by atoms with Crippen LogP contribution < -0.4 is 10.1 Å². The Balaban J connectivity index is 1.56. The van der Waals surface area contributed by atoms with Gasteiger partial charge in [-0.15, -0.1) is 11.3 Å². The van der Waals surface area contributed by atoms with E-state index in [9.17, 15) is 4.79 Å². The van der Waals surface area contributed by atoms with Crippen LogP contribution in [0.15, 0.2) is 62.8 Å². The number of thiazole rings is 1. The van der Waals surface area contributed by atoms with Gasteiger partial charge in [0, 0.05) is 20.8 Å². The number of aromatic nitrogens is 1. The third-order valence-electron chi connectivity index (χ3n) is 3.81. The molecule has 0 aliphatic rings. The van der Waals surface area contributed by atoms with Gasteiger partial charge in [0.05, 0.1) is 7.11 Å². The lowest BCUT2D eigenvalue weighted by Gasteiger charge is -2.01. The Morgan fingerprint density at radius 2 is 2.00 bits per heavy atom. The fourth-order valence-electron chi connectivity index (χ4n) is 2.49. The minimum absolute atomic E-state index is 0.201. The quantitative estimate of drug-likeness (QED) is 0.460. The molecule has 1 amide bonds. The van der Waals surface area contributed by atoms with Gasteiger partial charge in [0.25, 0.3) is 5.91 Å². The predicted molar refractivity (Wildman–Crippen MR) is 106 cm³/mol. The molecule has 130 valence electrons. The molecule has 0 aliphatic carbocycles. The molecule has 0 bridgehead atoms. The van der Waals surface area contributed by atoms with Crippen LogP contribution in [-0.2, 0) is 0 Å². The zero-order valence-corrected chi connectivity index (χ0v) is 16.1. The normalized spacial score (nSPS) is 10.8. The van der Waals surface area contributed by atoms with Crippen molar-refractivity contribution in [3.05, 3.63) is 63.9 Å². The molecule has 2 aromatic heterocycles. The summed E-state index contributed by atoms with van der Waals surface area (Å²) in [5, 5.41) is 6.12. The maximum atomic E-state index is 12.3. The van der Waals surface area contributed by atoms with Crippen LogP contribution in [0.3, 0.4) is 0 Å². The van der Waals surface area contributed by atoms with E-state index in [-0.39, 0.29) is 5.91 Å². The Morgan fingerprint density at radius 3 is 2.77 bits per heavy atom. The van der Waals surface area contributed by atoms with E-state index in [4.69, 9.17) is 9.15 Å². The molecule has 4 rings (SSSR count). The number of amides is 1. The van der Waals surface area contributed by atoms with Gasteiger partial charge in [0.1, 0.15) is 17.0 Å². The Bertz CT molecular complexity index is 1090. The van der Waals surface area contributed by atoms with Crippen molar-refractivity contribution in [3.63, 3.8) is 0 Å². The molecule has 0 radical (unpaired) electrons. The molecule has 0 aliphatic heterocycles. The number of carbonyl (C=O) groups excluding carboxylic acids is 1. The molecule has 0 fully saturated rings. The standard InChI is InChI=1S/C19H13BrN2O3S/c1-24-14-6-7-16-12(8-14)9-17(25-16)15-10-26-19(21-15)22-18(23)11-2-4-13(20)5-3-11/h2-10H,1H3,(H,21,22,23). The number of benzene rings is 2. The number of ether oxygens (including phenoxy) is 1. The third-order valence-corrected chi connectivity index (χ3v) is 5.09. The second kappa shape index (κ2) is 6.93. The number of carbonyl (C=O) groups is 1. The minimum Gasteiger partial charge on any atom is -0.497 e. The number of rotatable bonds is 4. The van der Waals surface area contributed by atoms with Gasteiger partial charge >= 0.3 is 0 Å². The Hall–Kier alpha value is -2.64. The summed E-state index contributed by atoms with van der Waals surface area (Å²) in [6.07, 6.45) is 0. The van der Waals surface area contributed by atoms with Gasteiger partial charge < -0.3 is 9.15 Å². The number of hydrogen-bond acceptors (Lipinski definition) is 5. The van der Waals surface area contributed by atoms with Gasteiger partial charge in [0.15, 0.2) is 10.9 Å². The summed E-state index contributed by atoms with van der Waals surface area (Å²) in [7, 11) is 1.63. The Morgan fingerprint density at radius 1 is 1.19 bits per heavy atom. The third kappa shape index (κ3) is 3.36. The zero-order chi connectivity index (χ0) is 18.1. The average molecular weight is 429 g/mol. The van der Waals surface area contributed by atoms with Crippen molar-refractivity contribution in [2.24, 2.45) is 0 Å². The average Bonchev–Trinajstić information content (AvgIpc) is 3.28. The summed E-state index contributed by atoms with van der Waals surface area (Å²) in [6.45, 7) is 0. The molecule has 1 N–H and O–H groups in total. The van der Waals surface area contributed by atoms with Gasteiger partial charge in [-0.25, -0.2) is 4.98 Å². The van der Waals surface area contributed by atoms with Crippen molar-refractivity contribution < 1.29 is 13.9 Å². The summed E-state index contributed by atoms with van der Waals surface area (Å²) in [5.41, 5.74) is 2.01. The molecule has 2 heterocycles. The topological polar surface area (TPSA) is 64.4 Å². The van der Waals surface area contributed by atoms with Crippen molar-refractivity contribution in [2.45, 2.75) is 0 Å². The molecule has 0 spiro atoms. The van der Waals surface area contributed by atoms with Crippen molar-refractivity contribution >= 4 is 49.3 Å². The van der Waals surface area contributed by atoms with Crippen LogP contribution in [0, 0.1) is 0 Å². The maximum Gasteiger partial charge on any atom is 0.257 e. The molecular formula is C19H13BrN2O3S. The van der Waals surface area contributed by atoms with Crippen LogP contribution in [0.2, 0.25) is 0 Å². The van der Waals surface area contributed by atoms with E-state index in [1.807, 2.05) is 41.8 Å². The number of furan rings is 1. The molecule has 7 heteroatoms. The highest BCUT2D eigenvalue weighted by atomic mass is 79.9. The Kier molecular flexibility index (Phi) is 4.48. The van der Waals surface area contributed by atoms with Crippen LogP contribution in [0.4, 0.5) is 5.13 Å². The Labute approximate surface area is 161 Å². The molecule has 0 unspecified atom stereocenters. The molecule has 2 aromatic carbocycles. The molecule has 0 atom stereocenters. The minimum atomic E-state index is -0.201. The highest BCUT2D eigenvalue weighted by Gasteiger charge is 2.13. The summed E-state index contributed by atoms with van der Waals surface area (Å²) in [6, 6.07) is 14.7. The first-order chi connectivity index (χ1) is 12.6. The second-order valence-electron chi connectivity index (χ2n) is 5.51. The second-order valence-corrected chi connectivity index (χ2v) is 7.29. The lowest BCUT2D eigenvalue weighted by Crippen LogP contribution is -2.11. The van der Waals surface area contributed by atoms with E-state index >= 15 is 0 Å². The smallest absolute Gasteiger partial charge is 0.257 e. The van der Waals surface area contributed by atoms with Crippen molar-refractivity contribution in [1.29, 1.82) is 0 Å². The number of anilines is 1. The summed E-state index contributed by atoms with van der Waals surface area (Å²) in [5.74, 6) is 1.21. The van der Waals surface area contributed by atoms with Gasteiger partial charge in [-0.05, 0) is 48.5 Å². The monoisotopic (exact) mass is 428 g/mol. The number of fused-ring (bicyclic) bond motifs is 1. The molecule has 0 saturated heterocycles. The zero-order valence-electron chi connectivity index (χ0n) is 13.7. The SMILES string of the molecule is COc1ccc2oc(-c3csc(NC(=O)c4ccc(Br)cc4)n3)cc2c1. The van der Waals surface area contributed by atoms with Gasteiger partial charge in [0.2, 0.25) is 0 Å². The van der Waals surface area contributed by atoms with Gasteiger partial charge in [-0.2, -0.15) is 0 Å². The van der Waals surface area contributed by atoms with E-state index in [2.05, 4.69) is 26.2 Å². The highest BCUT2D eigenvalue weighted by molar-refractivity contribution is 9.10. The van der Waals surface area contributed by atoms with Crippen LogP contribution >= 0.6 is 27.3 Å². The number of methoxy groups -OCH3 is 1. The molecule has 4 aromatic rings. The largest absolute Gasteiger partial charge is 0.497 e. The van der Waals surface area contributed by atoms with Gasteiger partial charge in [-0.3, -0.25) is 10.1 Å². The number of nitrogens with zero attached hydrogens (tertiary/aromatic N) is 1. The first-order valence-electron chi connectivity index (χ1n) is 7.73. The molecule has 26 heavy (non-hydrogen) atoms. The van der Waals surface area contributed by atoms with Crippen LogP contribution in [0.25, 0.3) is 22.4 Å². The fraction of sp³-hybridized carbons (Fsp3) is 0.0526. The summed E-state index contributed by atoms with van der Waals surface area (Å²) in [4.78, 5) is 16.7. The maximum absolute atomic E-state index is 12.3. The summed E-state index contributed by atoms with van der Waals surface area (Å²) < 4.78 is 12.0. The fourth-order valence-corrected chi connectivity index (χ4v) is 3.45. The number of nitrogens with one attached hydrogen (secondary N) is 1. The van der Waals surface area contributed by atoms with Crippen molar-refractivity contribution in [2.75, 3.05) is 12.4 Å². The highest BCUT2D eigenvalue weighted by Crippen LogP contribution is 2.32. The van der Waals surface area contributed by atoms with Crippen LogP contribution in [0.1, 0.15) is 10.4 Å². The van der Waals surface area contributed by atoms with E-state index in [0.29, 0.717) is 22.1 Å². The number of halogens is 1. The molecular weight excluding hydrogens is 416 g/mol. The van der Waals surface area contributed by atoms with E-state index < -0.39 is 0 Å². The molecule has 5 nitrogen and oxygen atoms in total. The lowest BCUT2D eigenvalue weighted by molar-refractivity contribution is 0.102. The predicted octanol–water partition coefficient (Wildman–Crippen LogP) is 5.58.